The first kappa shape index (κ1) is 24.3. The lowest BCUT2D eigenvalue weighted by atomic mass is 9.75. The number of aliphatic imine (C=N–C) groups is 1. The van der Waals surface area contributed by atoms with Crippen LogP contribution < -0.4 is 0 Å². The van der Waals surface area contributed by atoms with Crippen LogP contribution >= 0.6 is 23.2 Å². The van der Waals surface area contributed by atoms with Gasteiger partial charge in [-0.3, -0.25) is 9.79 Å². The molecule has 2 aromatic rings. The van der Waals surface area contributed by atoms with E-state index in [0.29, 0.717) is 5.56 Å². The van der Waals surface area contributed by atoms with E-state index in [0.717, 1.165) is 12.1 Å². The molecule has 0 amide bonds. The molecule has 4 nitrogen and oxygen atoms in total. The third-order valence-electron chi connectivity index (χ3n) is 5.03. The predicted octanol–water partition coefficient (Wildman–Crippen LogP) is 6.13. The van der Waals surface area contributed by atoms with Crippen molar-refractivity contribution in [3.8, 4) is 0 Å². The summed E-state index contributed by atoms with van der Waals surface area (Å²) in [6, 6.07) is 7.70. The molecule has 9 heteroatoms. The Kier molecular flexibility index (Phi) is 6.21. The molecule has 0 aromatic heterocycles. The lowest BCUT2D eigenvalue weighted by molar-refractivity contribution is -0.186. The van der Waals surface area contributed by atoms with Gasteiger partial charge in [0.25, 0.3) is 0 Å². The summed E-state index contributed by atoms with van der Waals surface area (Å²) in [6.07, 6.45) is -4.94. The number of rotatable bonds is 3. The fourth-order valence-corrected chi connectivity index (χ4v) is 4.07. The maximum atomic E-state index is 14.3. The molecule has 1 atom stereocenters. The summed E-state index contributed by atoms with van der Waals surface area (Å²) in [7, 11) is 0. The molecule has 0 bridgehead atoms. The first-order valence-electron chi connectivity index (χ1n) is 9.62. The summed E-state index contributed by atoms with van der Waals surface area (Å²) in [5.41, 5.74) is -3.42. The molecule has 0 unspecified atom stereocenters. The summed E-state index contributed by atoms with van der Waals surface area (Å²) < 4.78 is 48.1. The van der Waals surface area contributed by atoms with Crippen molar-refractivity contribution >= 4 is 40.7 Å². The minimum atomic E-state index is -4.94. The smallest absolute Gasteiger partial charge is 0.407 e. The number of ether oxygens (including phenoxy) is 1. The number of halogens is 5. The van der Waals surface area contributed by atoms with Crippen molar-refractivity contribution in [1.29, 1.82) is 0 Å². The third-order valence-corrected chi connectivity index (χ3v) is 5.47. The summed E-state index contributed by atoms with van der Waals surface area (Å²) >= 11 is 11.8. The molecular weight excluding hydrogens is 466 g/mol. The lowest BCUT2D eigenvalue weighted by Gasteiger charge is -2.30. The number of nitrogens with zero attached hydrogens (tertiary/aromatic N) is 1. The molecule has 0 fully saturated rings. The largest absolute Gasteiger partial charge is 0.456 e. The zero-order valence-electron chi connectivity index (χ0n) is 17.7. The highest BCUT2D eigenvalue weighted by atomic mass is 35.5. The van der Waals surface area contributed by atoms with E-state index in [1.54, 1.807) is 27.7 Å². The number of hydrogen-bond acceptors (Lipinski definition) is 4. The van der Waals surface area contributed by atoms with Crippen molar-refractivity contribution in [2.45, 2.75) is 44.9 Å². The summed E-state index contributed by atoms with van der Waals surface area (Å²) in [4.78, 5) is 29.5. The number of Topliss-reactive ketones (excluding diaryl/α,β-unsaturated/α-hetero) is 1. The number of esters is 1. The second-order valence-corrected chi connectivity index (χ2v) is 9.46. The van der Waals surface area contributed by atoms with Crippen molar-refractivity contribution in [3.05, 3.63) is 68.7 Å². The van der Waals surface area contributed by atoms with Gasteiger partial charge in [0.1, 0.15) is 11.3 Å². The molecule has 2 aromatic carbocycles. The van der Waals surface area contributed by atoms with Gasteiger partial charge in [-0.1, -0.05) is 29.3 Å². The van der Waals surface area contributed by atoms with Gasteiger partial charge in [0.2, 0.25) is 5.78 Å². The monoisotopic (exact) mass is 485 g/mol. The maximum Gasteiger partial charge on any atom is 0.407 e. The highest BCUT2D eigenvalue weighted by Crippen LogP contribution is 2.47. The Bertz CT molecular complexity index is 1120. The van der Waals surface area contributed by atoms with E-state index in [9.17, 15) is 22.8 Å². The number of carbonyl (C=O) groups excluding carboxylic acids is 2. The van der Waals surface area contributed by atoms with Crippen LogP contribution in [-0.4, -0.2) is 35.8 Å². The highest BCUT2D eigenvalue weighted by molar-refractivity contribution is 6.50. The first-order valence-corrected chi connectivity index (χ1v) is 10.4. The molecule has 0 aliphatic carbocycles. The number of benzene rings is 2. The molecule has 3 rings (SSSR count). The molecule has 1 heterocycles. The van der Waals surface area contributed by atoms with Crippen LogP contribution in [0.15, 0.2) is 41.4 Å². The molecule has 0 saturated carbocycles. The fourth-order valence-electron chi connectivity index (χ4n) is 3.54. The SMILES string of the molecule is Cc1cc(C2=NC[C@@](c3cc(Cl)cc(Cl)c3)(C(F)(F)F)C2=O)ccc1C(=O)OC(C)(C)C. The normalized spacial score (nSPS) is 19.2. The van der Waals surface area contributed by atoms with E-state index in [1.165, 1.54) is 24.3 Å². The van der Waals surface area contributed by atoms with Gasteiger partial charge in [-0.2, -0.15) is 13.2 Å². The van der Waals surface area contributed by atoms with Crippen molar-refractivity contribution in [3.63, 3.8) is 0 Å². The number of ketones is 1. The molecule has 170 valence electrons. The van der Waals surface area contributed by atoms with E-state index in [2.05, 4.69) is 4.99 Å². The number of carbonyl (C=O) groups is 2. The Morgan fingerprint density at radius 1 is 1.06 bits per heavy atom. The van der Waals surface area contributed by atoms with Crippen LogP contribution in [0.2, 0.25) is 10.0 Å². The van der Waals surface area contributed by atoms with Crippen LogP contribution in [0.3, 0.4) is 0 Å². The van der Waals surface area contributed by atoms with Crippen LogP contribution in [0, 0.1) is 6.92 Å². The van der Waals surface area contributed by atoms with Crippen LogP contribution in [0.1, 0.15) is 47.8 Å². The molecular formula is C23H20Cl2F3NO3. The van der Waals surface area contributed by atoms with Gasteiger partial charge in [-0.05, 0) is 69.2 Å². The van der Waals surface area contributed by atoms with Crippen LogP contribution in [0.25, 0.3) is 0 Å². The molecule has 0 spiro atoms. The number of aryl methyl sites for hydroxylation is 1. The predicted molar refractivity (Wildman–Crippen MR) is 117 cm³/mol. The summed E-state index contributed by atoms with van der Waals surface area (Å²) in [5.74, 6) is -1.77. The van der Waals surface area contributed by atoms with E-state index < -0.39 is 35.5 Å². The Balaban J connectivity index is 2.02. The summed E-state index contributed by atoms with van der Waals surface area (Å²) in [6.45, 7) is 5.95. The van der Waals surface area contributed by atoms with Gasteiger partial charge in [0.15, 0.2) is 5.41 Å². The third kappa shape index (κ3) is 4.41. The Morgan fingerprint density at radius 2 is 1.66 bits per heavy atom. The molecule has 1 aliphatic heterocycles. The molecule has 0 N–H and O–H groups in total. The highest BCUT2D eigenvalue weighted by Gasteiger charge is 2.64. The van der Waals surface area contributed by atoms with Crippen LogP contribution in [0.5, 0.6) is 0 Å². The Labute approximate surface area is 193 Å². The zero-order chi connectivity index (χ0) is 24.1. The van der Waals surface area contributed by atoms with Crippen molar-refractivity contribution in [2.24, 2.45) is 4.99 Å². The van der Waals surface area contributed by atoms with Crippen LogP contribution in [-0.2, 0) is 14.9 Å². The quantitative estimate of drug-likeness (QED) is 0.491. The Morgan fingerprint density at radius 3 is 2.16 bits per heavy atom. The average Bonchev–Trinajstić information content (AvgIpc) is 2.97. The second kappa shape index (κ2) is 8.19. The van der Waals surface area contributed by atoms with Gasteiger partial charge < -0.3 is 4.74 Å². The minimum Gasteiger partial charge on any atom is -0.456 e. The first-order chi connectivity index (χ1) is 14.7. The molecule has 32 heavy (non-hydrogen) atoms. The molecule has 1 aliphatic rings. The van der Waals surface area contributed by atoms with Crippen LogP contribution in [0.4, 0.5) is 13.2 Å². The topological polar surface area (TPSA) is 55.7 Å². The molecule has 0 saturated heterocycles. The lowest BCUT2D eigenvalue weighted by Crippen LogP contribution is -2.50. The molecule has 0 radical (unpaired) electrons. The van der Waals surface area contributed by atoms with Gasteiger partial charge in [0.05, 0.1) is 12.1 Å². The number of hydrogen-bond donors (Lipinski definition) is 0. The fraction of sp³-hybridized carbons (Fsp3) is 0.348. The van der Waals surface area contributed by atoms with E-state index in [4.69, 9.17) is 27.9 Å². The van der Waals surface area contributed by atoms with E-state index in [1.807, 2.05) is 0 Å². The van der Waals surface area contributed by atoms with Gasteiger partial charge >= 0.3 is 12.1 Å². The standard InChI is InChI=1S/C23H20Cl2F3NO3/c1-12-7-13(5-6-17(12)20(31)32-21(2,3)4)18-19(30)22(11-29-18,23(26,27)28)14-8-15(24)10-16(25)9-14/h5-10H,11H2,1-4H3/t22-/m0/s1. The van der Waals surface area contributed by atoms with Gasteiger partial charge in [0, 0.05) is 15.6 Å². The minimum absolute atomic E-state index is 0.0186. The Hall–Kier alpha value is -2.38. The van der Waals surface area contributed by atoms with Gasteiger partial charge in [-0.25, -0.2) is 4.79 Å². The second-order valence-electron chi connectivity index (χ2n) is 8.59. The van der Waals surface area contributed by atoms with Crippen molar-refractivity contribution in [2.75, 3.05) is 6.54 Å². The number of alkyl halides is 3. The van der Waals surface area contributed by atoms with E-state index in [-0.39, 0.29) is 32.4 Å². The van der Waals surface area contributed by atoms with E-state index >= 15 is 0 Å². The van der Waals surface area contributed by atoms with Crippen molar-refractivity contribution in [1.82, 2.24) is 0 Å². The average molecular weight is 486 g/mol. The van der Waals surface area contributed by atoms with Crippen molar-refractivity contribution < 1.29 is 27.5 Å². The summed E-state index contributed by atoms with van der Waals surface area (Å²) in [5, 5.41) is -0.0372. The zero-order valence-corrected chi connectivity index (χ0v) is 19.2. The maximum absolute atomic E-state index is 14.3. The van der Waals surface area contributed by atoms with Gasteiger partial charge in [-0.15, -0.1) is 0 Å².